The Kier molecular flexibility index (Phi) is 3.90. The number of aryl methyl sites for hydroxylation is 1. The number of benzene rings is 1. The number of aliphatic hydroxyl groups is 1. The first-order valence-electron chi connectivity index (χ1n) is 4.25. The van der Waals surface area contributed by atoms with Gasteiger partial charge in [0.25, 0.3) is 0 Å². The van der Waals surface area contributed by atoms with Gasteiger partial charge in [-0.25, -0.2) is 0 Å². The molecule has 13 heavy (non-hydrogen) atoms. The van der Waals surface area contributed by atoms with Gasteiger partial charge < -0.3 is 10.8 Å². The lowest BCUT2D eigenvalue weighted by Gasteiger charge is -2.10. The second-order valence-electron chi connectivity index (χ2n) is 3.24. The van der Waals surface area contributed by atoms with Crippen LogP contribution < -0.4 is 5.73 Å². The van der Waals surface area contributed by atoms with Crippen LogP contribution >= 0.6 is 15.9 Å². The number of rotatable bonds is 3. The van der Waals surface area contributed by atoms with E-state index in [0.717, 1.165) is 10.0 Å². The van der Waals surface area contributed by atoms with Crippen molar-refractivity contribution >= 4 is 15.9 Å². The largest absolute Gasteiger partial charge is 0.395 e. The molecule has 1 atom stereocenters. The zero-order valence-electron chi connectivity index (χ0n) is 7.63. The Hall–Kier alpha value is -0.380. The minimum absolute atomic E-state index is 0.0282. The van der Waals surface area contributed by atoms with Crippen molar-refractivity contribution in [3.63, 3.8) is 0 Å². The Labute approximate surface area is 86.9 Å². The minimum Gasteiger partial charge on any atom is -0.395 e. The third-order valence-electron chi connectivity index (χ3n) is 1.92. The predicted octanol–water partition coefficient (Wildman–Crippen LogP) is 1.62. The third kappa shape index (κ3) is 3.10. The second kappa shape index (κ2) is 4.74. The van der Waals surface area contributed by atoms with Crippen molar-refractivity contribution in [2.75, 3.05) is 6.61 Å². The molecule has 0 aliphatic carbocycles. The van der Waals surface area contributed by atoms with Gasteiger partial charge in [0.05, 0.1) is 6.61 Å². The summed E-state index contributed by atoms with van der Waals surface area (Å²) in [5, 5.41) is 8.82. The van der Waals surface area contributed by atoms with Crippen molar-refractivity contribution in [3.05, 3.63) is 33.8 Å². The lowest BCUT2D eigenvalue weighted by atomic mass is 10.1. The zero-order valence-corrected chi connectivity index (χ0v) is 9.21. The first kappa shape index (κ1) is 10.7. The van der Waals surface area contributed by atoms with E-state index in [9.17, 15) is 0 Å². The van der Waals surface area contributed by atoms with Crippen molar-refractivity contribution < 1.29 is 5.11 Å². The van der Waals surface area contributed by atoms with Gasteiger partial charge in [0.2, 0.25) is 0 Å². The molecular formula is C10H14BrNO. The van der Waals surface area contributed by atoms with E-state index in [0.29, 0.717) is 6.42 Å². The molecule has 3 heteroatoms. The van der Waals surface area contributed by atoms with Gasteiger partial charge in [-0.15, -0.1) is 0 Å². The fraction of sp³-hybridized carbons (Fsp3) is 0.400. The summed E-state index contributed by atoms with van der Waals surface area (Å²) < 4.78 is 1.06. The van der Waals surface area contributed by atoms with Crippen molar-refractivity contribution in [1.82, 2.24) is 0 Å². The number of nitrogens with two attached hydrogens (primary N) is 1. The van der Waals surface area contributed by atoms with E-state index in [1.165, 1.54) is 5.56 Å². The summed E-state index contributed by atoms with van der Waals surface area (Å²) in [7, 11) is 0. The van der Waals surface area contributed by atoms with Crippen LogP contribution in [-0.4, -0.2) is 17.8 Å². The van der Waals surface area contributed by atoms with E-state index in [-0.39, 0.29) is 12.6 Å². The molecule has 2 nitrogen and oxygen atoms in total. The number of halogens is 1. The number of hydrogen-bond acceptors (Lipinski definition) is 2. The van der Waals surface area contributed by atoms with Crippen LogP contribution in [0.3, 0.4) is 0 Å². The fourth-order valence-corrected chi connectivity index (χ4v) is 1.62. The van der Waals surface area contributed by atoms with Gasteiger partial charge in [0, 0.05) is 10.5 Å². The predicted molar refractivity (Wildman–Crippen MR) is 57.6 cm³/mol. The van der Waals surface area contributed by atoms with Crippen LogP contribution in [-0.2, 0) is 6.42 Å². The monoisotopic (exact) mass is 243 g/mol. The minimum atomic E-state index is -0.168. The van der Waals surface area contributed by atoms with Gasteiger partial charge in [0.1, 0.15) is 0 Å². The van der Waals surface area contributed by atoms with Crippen LogP contribution in [0.15, 0.2) is 22.7 Å². The molecule has 0 bridgehead atoms. The summed E-state index contributed by atoms with van der Waals surface area (Å²) in [4.78, 5) is 0. The first-order valence-corrected chi connectivity index (χ1v) is 5.04. The van der Waals surface area contributed by atoms with Crippen LogP contribution in [0.5, 0.6) is 0 Å². The highest BCUT2D eigenvalue weighted by Gasteiger charge is 2.05. The Balaban J connectivity index is 2.81. The van der Waals surface area contributed by atoms with Gasteiger partial charge in [0.15, 0.2) is 0 Å². The van der Waals surface area contributed by atoms with Crippen LogP contribution in [0.2, 0.25) is 0 Å². The molecule has 0 heterocycles. The van der Waals surface area contributed by atoms with Crippen molar-refractivity contribution in [2.24, 2.45) is 5.73 Å². The average Bonchev–Trinajstić information content (AvgIpc) is 2.11. The molecule has 1 unspecified atom stereocenters. The number of aliphatic hydroxyl groups excluding tert-OH is 1. The quantitative estimate of drug-likeness (QED) is 0.848. The lowest BCUT2D eigenvalue weighted by Crippen LogP contribution is -2.26. The maximum absolute atomic E-state index is 8.82. The molecular weight excluding hydrogens is 230 g/mol. The van der Waals surface area contributed by atoms with E-state index < -0.39 is 0 Å². The summed E-state index contributed by atoms with van der Waals surface area (Å²) in [6.07, 6.45) is 0.707. The molecule has 1 aromatic rings. The first-order chi connectivity index (χ1) is 6.13. The van der Waals surface area contributed by atoms with Crippen LogP contribution in [0.4, 0.5) is 0 Å². The summed E-state index contributed by atoms with van der Waals surface area (Å²) in [6, 6.07) is 5.96. The molecule has 1 aromatic carbocycles. The Morgan fingerprint density at radius 2 is 2.23 bits per heavy atom. The maximum atomic E-state index is 8.82. The molecule has 72 valence electrons. The van der Waals surface area contributed by atoms with E-state index in [1.807, 2.05) is 19.1 Å². The normalized spacial score (nSPS) is 12.9. The average molecular weight is 244 g/mol. The fourth-order valence-electron chi connectivity index (χ4n) is 1.21. The van der Waals surface area contributed by atoms with Crippen LogP contribution in [0.1, 0.15) is 11.1 Å². The summed E-state index contributed by atoms with van der Waals surface area (Å²) in [6.45, 7) is 2.07. The van der Waals surface area contributed by atoms with E-state index >= 15 is 0 Å². The van der Waals surface area contributed by atoms with E-state index in [2.05, 4.69) is 22.0 Å². The Bertz CT molecular complexity index is 288. The topological polar surface area (TPSA) is 46.2 Å². The molecule has 0 amide bonds. The molecule has 1 rings (SSSR count). The van der Waals surface area contributed by atoms with Gasteiger partial charge in [-0.3, -0.25) is 0 Å². The van der Waals surface area contributed by atoms with Crippen molar-refractivity contribution in [3.8, 4) is 0 Å². The molecule has 0 fully saturated rings. The molecule has 0 saturated carbocycles. The van der Waals surface area contributed by atoms with Crippen LogP contribution in [0.25, 0.3) is 0 Å². The SMILES string of the molecule is Cc1ccc(Br)c(CC(N)CO)c1. The molecule has 0 aromatic heterocycles. The highest BCUT2D eigenvalue weighted by Crippen LogP contribution is 2.19. The number of hydrogen-bond donors (Lipinski definition) is 2. The second-order valence-corrected chi connectivity index (χ2v) is 4.10. The highest BCUT2D eigenvalue weighted by atomic mass is 79.9. The van der Waals surface area contributed by atoms with Gasteiger partial charge in [-0.2, -0.15) is 0 Å². The van der Waals surface area contributed by atoms with Crippen LogP contribution in [0, 0.1) is 6.92 Å². The van der Waals surface area contributed by atoms with Crippen molar-refractivity contribution in [1.29, 1.82) is 0 Å². The maximum Gasteiger partial charge on any atom is 0.0585 e. The smallest absolute Gasteiger partial charge is 0.0585 e. The molecule has 0 aliphatic heterocycles. The van der Waals surface area contributed by atoms with Crippen molar-refractivity contribution in [2.45, 2.75) is 19.4 Å². The summed E-state index contributed by atoms with van der Waals surface area (Å²) >= 11 is 3.45. The standard InChI is InChI=1S/C10H14BrNO/c1-7-2-3-10(11)8(4-7)5-9(12)6-13/h2-4,9,13H,5-6,12H2,1H3. The summed E-state index contributed by atoms with van der Waals surface area (Å²) in [5.41, 5.74) is 8.02. The van der Waals surface area contributed by atoms with E-state index in [4.69, 9.17) is 10.8 Å². The van der Waals surface area contributed by atoms with E-state index in [1.54, 1.807) is 0 Å². The Morgan fingerprint density at radius 1 is 1.54 bits per heavy atom. The molecule has 0 saturated heterocycles. The van der Waals surface area contributed by atoms with Gasteiger partial charge in [-0.1, -0.05) is 33.6 Å². The molecule has 0 radical (unpaired) electrons. The molecule has 0 aliphatic rings. The summed E-state index contributed by atoms with van der Waals surface area (Å²) in [5.74, 6) is 0. The Morgan fingerprint density at radius 3 is 2.85 bits per heavy atom. The van der Waals surface area contributed by atoms with Gasteiger partial charge >= 0.3 is 0 Å². The highest BCUT2D eigenvalue weighted by molar-refractivity contribution is 9.10. The zero-order chi connectivity index (χ0) is 9.84. The lowest BCUT2D eigenvalue weighted by molar-refractivity contribution is 0.265. The van der Waals surface area contributed by atoms with Gasteiger partial charge in [-0.05, 0) is 25.0 Å². The molecule has 0 spiro atoms. The third-order valence-corrected chi connectivity index (χ3v) is 2.69. The molecule has 3 N–H and O–H groups in total.